The number of aliphatic hydroxyl groups excluding tert-OH is 3. The number of hydrogen-bond acceptors (Lipinski definition) is 9. The van der Waals surface area contributed by atoms with Crippen LogP contribution >= 0.6 is 0 Å². The molecule has 1 amide bonds. The second kappa shape index (κ2) is 9.60. The zero-order valence-corrected chi connectivity index (χ0v) is 16.3. The van der Waals surface area contributed by atoms with Crippen LogP contribution in [0.1, 0.15) is 12.6 Å². The van der Waals surface area contributed by atoms with E-state index in [-0.39, 0.29) is 38.5 Å². The van der Waals surface area contributed by atoms with E-state index in [2.05, 4.69) is 10.3 Å². The maximum Gasteiger partial charge on any atom is 0.351 e. The number of carboxylic acid groups (broad SMARTS) is 1. The standard InChI is InChI=1S/C13H18N4O8.Y/c14-5(12(22)23)3-8(19)15-7-1-2-17(13(24)16-7)11-10(21)9(20)6(4-18)25-11;/h1-2,5-6,9-11,18,20-21H,3-4,14H2,(H,22,23)(H,15,16,19,24);/t5?,6-,9+,10?,11-;/m1./s1. The van der Waals surface area contributed by atoms with E-state index in [0.717, 1.165) is 4.57 Å². The van der Waals surface area contributed by atoms with Crippen molar-refractivity contribution < 1.29 is 67.5 Å². The van der Waals surface area contributed by atoms with Crippen LogP contribution in [-0.2, 0) is 47.0 Å². The van der Waals surface area contributed by atoms with Gasteiger partial charge >= 0.3 is 11.7 Å². The molecule has 0 bridgehead atoms. The van der Waals surface area contributed by atoms with Crippen LogP contribution in [0.15, 0.2) is 17.1 Å². The van der Waals surface area contributed by atoms with Gasteiger partial charge in [0, 0.05) is 38.9 Å². The van der Waals surface area contributed by atoms with Crippen LogP contribution in [0.25, 0.3) is 0 Å². The molecule has 1 aromatic rings. The molecular formula is C13H18N4O8Y. The molecule has 5 atom stereocenters. The van der Waals surface area contributed by atoms with Gasteiger partial charge in [-0.05, 0) is 6.07 Å². The molecule has 0 aliphatic carbocycles. The maximum atomic E-state index is 12.0. The summed E-state index contributed by atoms with van der Waals surface area (Å²) in [5.41, 5.74) is 4.33. The molecule has 1 aromatic heterocycles. The number of nitrogens with zero attached hydrogens (tertiary/aromatic N) is 2. The first kappa shape index (κ1) is 22.8. The Bertz CT molecular complexity index is 714. The van der Waals surface area contributed by atoms with E-state index in [1.807, 2.05) is 0 Å². The number of aromatic nitrogens is 2. The van der Waals surface area contributed by atoms with Crippen molar-refractivity contribution in [1.29, 1.82) is 0 Å². The maximum absolute atomic E-state index is 12.0. The molecule has 26 heavy (non-hydrogen) atoms. The van der Waals surface area contributed by atoms with Crippen molar-refractivity contribution in [1.82, 2.24) is 9.55 Å². The van der Waals surface area contributed by atoms with E-state index in [4.69, 9.17) is 20.7 Å². The molecule has 13 heteroatoms. The molecule has 0 saturated carbocycles. The summed E-state index contributed by atoms with van der Waals surface area (Å²) < 4.78 is 6.10. The number of nitrogens with one attached hydrogen (secondary N) is 1. The molecule has 1 saturated heterocycles. The van der Waals surface area contributed by atoms with Gasteiger partial charge in [0.2, 0.25) is 5.91 Å². The minimum Gasteiger partial charge on any atom is -0.480 e. The Morgan fingerprint density at radius 2 is 2.04 bits per heavy atom. The van der Waals surface area contributed by atoms with Gasteiger partial charge in [0.1, 0.15) is 30.2 Å². The van der Waals surface area contributed by atoms with Gasteiger partial charge in [-0.3, -0.25) is 14.2 Å². The fraction of sp³-hybridized carbons (Fsp3) is 0.538. The summed E-state index contributed by atoms with van der Waals surface area (Å²) in [6.07, 6.45) is -4.47. The van der Waals surface area contributed by atoms with Gasteiger partial charge in [-0.15, -0.1) is 0 Å². The Kier molecular flexibility index (Phi) is 8.40. The molecule has 12 nitrogen and oxygen atoms in total. The normalized spacial score (nSPS) is 26.0. The largest absolute Gasteiger partial charge is 0.480 e. The molecule has 1 aliphatic rings. The number of aliphatic carboxylic acids is 1. The van der Waals surface area contributed by atoms with Crippen LogP contribution < -0.4 is 16.7 Å². The Morgan fingerprint density at radius 3 is 2.54 bits per heavy atom. The van der Waals surface area contributed by atoms with E-state index < -0.39 is 61.2 Å². The number of ether oxygens (including phenoxy) is 1. The number of rotatable bonds is 6. The molecule has 141 valence electrons. The zero-order valence-electron chi connectivity index (χ0n) is 13.4. The molecule has 1 fully saturated rings. The number of carboxylic acids is 1. The number of carbonyl (C=O) groups excluding carboxylic acids is 1. The molecule has 1 radical (unpaired) electrons. The summed E-state index contributed by atoms with van der Waals surface area (Å²) >= 11 is 0. The molecular weight excluding hydrogens is 429 g/mol. The summed E-state index contributed by atoms with van der Waals surface area (Å²) in [4.78, 5) is 37.8. The second-order valence-electron chi connectivity index (χ2n) is 5.43. The minimum atomic E-state index is -1.45. The molecule has 2 heterocycles. The summed E-state index contributed by atoms with van der Waals surface area (Å²) in [6.45, 7) is -0.547. The Morgan fingerprint density at radius 1 is 1.38 bits per heavy atom. The first-order valence-corrected chi connectivity index (χ1v) is 7.24. The van der Waals surface area contributed by atoms with Gasteiger partial charge in [-0.1, -0.05) is 0 Å². The van der Waals surface area contributed by atoms with Crippen molar-refractivity contribution >= 4 is 17.7 Å². The average Bonchev–Trinajstić information content (AvgIpc) is 2.82. The third-order valence-electron chi connectivity index (χ3n) is 3.61. The number of hydrogen-bond donors (Lipinski definition) is 6. The predicted molar refractivity (Wildman–Crippen MR) is 80.4 cm³/mol. The van der Waals surface area contributed by atoms with Crippen molar-refractivity contribution in [2.75, 3.05) is 11.9 Å². The zero-order chi connectivity index (χ0) is 18.7. The molecule has 0 spiro atoms. The van der Waals surface area contributed by atoms with Gasteiger partial charge in [0.25, 0.3) is 0 Å². The molecule has 2 unspecified atom stereocenters. The molecule has 1 aliphatic heterocycles. The Hall–Kier alpha value is -1.28. The summed E-state index contributed by atoms with van der Waals surface area (Å²) in [5, 5.41) is 39.5. The van der Waals surface area contributed by atoms with Crippen molar-refractivity contribution in [3.8, 4) is 0 Å². The van der Waals surface area contributed by atoms with Crippen LogP contribution in [0.2, 0.25) is 0 Å². The summed E-state index contributed by atoms with van der Waals surface area (Å²) in [5.74, 6) is -2.23. The van der Waals surface area contributed by atoms with Crippen molar-refractivity contribution in [2.24, 2.45) is 5.73 Å². The van der Waals surface area contributed by atoms with E-state index in [1.165, 1.54) is 12.3 Å². The molecule has 2 rings (SSSR count). The monoisotopic (exact) mass is 447 g/mol. The molecule has 0 aromatic carbocycles. The summed E-state index contributed by atoms with van der Waals surface area (Å²) in [7, 11) is 0. The fourth-order valence-corrected chi connectivity index (χ4v) is 2.27. The van der Waals surface area contributed by atoms with E-state index in [0.29, 0.717) is 0 Å². The quantitative estimate of drug-likeness (QED) is 0.256. The van der Waals surface area contributed by atoms with E-state index >= 15 is 0 Å². The van der Waals surface area contributed by atoms with Crippen molar-refractivity contribution in [3.05, 3.63) is 22.7 Å². The van der Waals surface area contributed by atoms with Crippen LogP contribution in [0.4, 0.5) is 5.82 Å². The second-order valence-corrected chi connectivity index (χ2v) is 5.43. The number of aliphatic hydroxyl groups is 3. The van der Waals surface area contributed by atoms with Gasteiger partial charge in [0.15, 0.2) is 6.23 Å². The van der Waals surface area contributed by atoms with Gasteiger partial charge < -0.3 is 36.2 Å². The van der Waals surface area contributed by atoms with Crippen LogP contribution in [0.3, 0.4) is 0 Å². The van der Waals surface area contributed by atoms with Crippen molar-refractivity contribution in [3.63, 3.8) is 0 Å². The van der Waals surface area contributed by atoms with Gasteiger partial charge in [0.05, 0.1) is 13.0 Å². The topological polar surface area (TPSA) is 197 Å². The Balaban J connectivity index is 0.00000338. The van der Waals surface area contributed by atoms with Crippen LogP contribution in [-0.4, -0.2) is 72.8 Å². The predicted octanol–water partition coefficient (Wildman–Crippen LogP) is -3.41. The third kappa shape index (κ3) is 5.13. The van der Waals surface area contributed by atoms with Crippen LogP contribution in [0, 0.1) is 0 Å². The van der Waals surface area contributed by atoms with Crippen LogP contribution in [0.5, 0.6) is 0 Å². The fourth-order valence-electron chi connectivity index (χ4n) is 2.27. The number of anilines is 1. The van der Waals surface area contributed by atoms with E-state index in [1.54, 1.807) is 0 Å². The number of carbonyl (C=O) groups is 2. The first-order valence-electron chi connectivity index (χ1n) is 7.24. The first-order chi connectivity index (χ1) is 11.7. The van der Waals surface area contributed by atoms with Crippen molar-refractivity contribution in [2.45, 2.75) is 37.0 Å². The van der Waals surface area contributed by atoms with E-state index in [9.17, 15) is 24.6 Å². The van der Waals surface area contributed by atoms with Gasteiger partial charge in [-0.25, -0.2) is 4.79 Å². The number of nitrogens with two attached hydrogens (primary N) is 1. The number of amides is 1. The summed E-state index contributed by atoms with van der Waals surface area (Å²) in [6, 6.07) is -0.167. The smallest absolute Gasteiger partial charge is 0.351 e. The SMILES string of the molecule is NC(CC(=O)Nc1ccn([C@@H]2O[C@H](CO)[C@H](O)C2O)c(=O)n1)C(=O)O.[Y]. The van der Waals surface area contributed by atoms with Gasteiger partial charge in [-0.2, -0.15) is 4.98 Å². The minimum absolute atomic E-state index is 0. The average molecular weight is 447 g/mol. The Labute approximate surface area is 171 Å². The third-order valence-corrected chi connectivity index (χ3v) is 3.61. The molecule has 7 N–H and O–H groups in total.